The van der Waals surface area contributed by atoms with Gasteiger partial charge in [0.25, 0.3) is 0 Å². The molecule has 2 rings (SSSR count). The number of hydrogen-bond acceptors (Lipinski definition) is 1. The van der Waals surface area contributed by atoms with Crippen molar-refractivity contribution < 1.29 is 4.43 Å². The maximum atomic E-state index is 6.71. The van der Waals surface area contributed by atoms with Gasteiger partial charge in [0.15, 0.2) is 0 Å². The van der Waals surface area contributed by atoms with Crippen LogP contribution in [0, 0.1) is 0 Å². The van der Waals surface area contributed by atoms with Crippen molar-refractivity contribution in [3.05, 3.63) is 60.7 Å². The molecule has 2 aromatic rings. The summed E-state index contributed by atoms with van der Waals surface area (Å²) in [5.41, 5.74) is 0. The molecule has 0 aliphatic carbocycles. The van der Waals surface area contributed by atoms with Crippen LogP contribution in [0.25, 0.3) is 0 Å². The van der Waals surface area contributed by atoms with Crippen LogP contribution in [-0.4, -0.2) is 30.8 Å². The van der Waals surface area contributed by atoms with Crippen LogP contribution < -0.4 is 10.4 Å². The Morgan fingerprint density at radius 3 is 1.52 bits per heavy atom. The molecule has 2 aromatic carbocycles. The van der Waals surface area contributed by atoms with Crippen LogP contribution in [0.1, 0.15) is 27.7 Å². The SMILES string of the molecule is [Li][CH](C)O[Si](c1ccccc1)(c1ccccc1)C(C)(C)C. The van der Waals surface area contributed by atoms with Crippen molar-refractivity contribution in [2.24, 2.45) is 0 Å². The fourth-order valence-corrected chi connectivity index (χ4v) is 7.77. The molecule has 1 unspecified atom stereocenters. The van der Waals surface area contributed by atoms with E-state index in [1.807, 2.05) is 0 Å². The van der Waals surface area contributed by atoms with Gasteiger partial charge >= 0.3 is 139 Å². The van der Waals surface area contributed by atoms with Crippen molar-refractivity contribution in [1.29, 1.82) is 0 Å². The fraction of sp³-hybridized carbons (Fsp3) is 0.333. The zero-order chi connectivity index (χ0) is 15.5. The maximum absolute atomic E-state index is 6.71. The van der Waals surface area contributed by atoms with E-state index in [4.69, 9.17) is 4.43 Å². The Morgan fingerprint density at radius 2 is 1.24 bits per heavy atom. The molecular weight excluding hydrogens is 267 g/mol. The second-order valence-corrected chi connectivity index (χ2v) is 11.1. The minimum atomic E-state index is -2.31. The summed E-state index contributed by atoms with van der Waals surface area (Å²) < 4.78 is 6.92. The number of hydrogen-bond donors (Lipinski definition) is 0. The topological polar surface area (TPSA) is 9.23 Å². The second kappa shape index (κ2) is 6.54. The zero-order valence-electron chi connectivity index (χ0n) is 13.8. The Bertz CT molecular complexity index is 521. The van der Waals surface area contributed by atoms with E-state index in [-0.39, 0.29) is 9.82 Å². The van der Waals surface area contributed by atoms with Crippen molar-refractivity contribution in [3.63, 3.8) is 0 Å². The van der Waals surface area contributed by atoms with Gasteiger partial charge in [-0.15, -0.1) is 0 Å². The molecule has 106 valence electrons. The molecule has 1 atom stereocenters. The third kappa shape index (κ3) is 3.35. The molecule has 0 aliphatic rings. The van der Waals surface area contributed by atoms with Crippen LogP contribution in [0.4, 0.5) is 0 Å². The second-order valence-electron chi connectivity index (χ2n) is 6.83. The zero-order valence-corrected chi connectivity index (χ0v) is 14.8. The first-order valence-electron chi connectivity index (χ1n) is 7.67. The van der Waals surface area contributed by atoms with Crippen molar-refractivity contribution in [2.75, 3.05) is 0 Å². The van der Waals surface area contributed by atoms with Gasteiger partial charge in [-0.05, 0) is 0 Å². The van der Waals surface area contributed by atoms with Crippen molar-refractivity contribution in [3.8, 4) is 0 Å². The molecule has 0 amide bonds. The van der Waals surface area contributed by atoms with Gasteiger partial charge in [0.2, 0.25) is 0 Å². The molecule has 0 N–H and O–H groups in total. The molecule has 0 bridgehead atoms. The molecule has 0 spiro atoms. The Balaban J connectivity index is 2.72. The Labute approximate surface area is 139 Å². The molecule has 3 heteroatoms. The van der Waals surface area contributed by atoms with Gasteiger partial charge in [0.1, 0.15) is 0 Å². The first-order chi connectivity index (χ1) is 9.88. The van der Waals surface area contributed by atoms with E-state index in [0.29, 0.717) is 0 Å². The Hall–Kier alpha value is -0.786. The number of benzene rings is 2. The van der Waals surface area contributed by atoms with Gasteiger partial charge in [-0.1, -0.05) is 0 Å². The van der Waals surface area contributed by atoms with Crippen molar-refractivity contribution in [1.82, 2.24) is 0 Å². The fourth-order valence-electron chi connectivity index (χ4n) is 3.04. The molecule has 0 fully saturated rings. The Kier molecular flexibility index (Phi) is 5.17. The van der Waals surface area contributed by atoms with Crippen LogP contribution in [0.5, 0.6) is 0 Å². The summed E-state index contributed by atoms with van der Waals surface area (Å²) in [7, 11) is -2.31. The first-order valence-corrected chi connectivity index (χ1v) is 9.57. The molecule has 0 saturated carbocycles. The van der Waals surface area contributed by atoms with E-state index in [1.54, 1.807) is 0 Å². The van der Waals surface area contributed by atoms with Gasteiger partial charge in [-0.25, -0.2) is 0 Å². The summed E-state index contributed by atoms with van der Waals surface area (Å²) in [4.78, 5) is 0. The molecular formula is C18H23LiOSi. The molecule has 0 aromatic heterocycles. The van der Waals surface area contributed by atoms with E-state index in [2.05, 4.69) is 106 Å². The Morgan fingerprint density at radius 1 is 0.857 bits per heavy atom. The average molecular weight is 290 g/mol. The van der Waals surface area contributed by atoms with Gasteiger partial charge in [0, 0.05) is 0 Å². The molecule has 1 nitrogen and oxygen atoms in total. The van der Waals surface area contributed by atoms with E-state index in [9.17, 15) is 0 Å². The monoisotopic (exact) mass is 290 g/mol. The predicted octanol–water partition coefficient (Wildman–Crippen LogP) is 3.08. The normalized spacial score (nSPS) is 14.0. The van der Waals surface area contributed by atoms with Gasteiger partial charge in [-0.2, -0.15) is 0 Å². The summed E-state index contributed by atoms with van der Waals surface area (Å²) in [5.74, 6) is 0. The van der Waals surface area contributed by atoms with Crippen LogP contribution in [0.3, 0.4) is 0 Å². The van der Waals surface area contributed by atoms with Gasteiger partial charge in [0.05, 0.1) is 0 Å². The molecule has 0 aliphatic heterocycles. The third-order valence-electron chi connectivity index (χ3n) is 3.83. The van der Waals surface area contributed by atoms with Crippen LogP contribution in [-0.2, 0) is 4.43 Å². The van der Waals surface area contributed by atoms with Crippen LogP contribution in [0.2, 0.25) is 5.04 Å². The van der Waals surface area contributed by atoms with Gasteiger partial charge in [-0.3, -0.25) is 0 Å². The minimum absolute atomic E-state index is 0.0694. The standard InChI is InChI=1S/C18H23OSi.Li/c1-5-19-20(18(2,3)4,16-12-8-6-9-13-16)17-14-10-7-11-15-17;/h5-15H,1-4H3;. The van der Waals surface area contributed by atoms with Crippen LogP contribution >= 0.6 is 0 Å². The quantitative estimate of drug-likeness (QED) is 0.786. The first kappa shape index (κ1) is 16.6. The third-order valence-corrected chi connectivity index (χ3v) is 9.06. The van der Waals surface area contributed by atoms with E-state index in [1.165, 1.54) is 10.4 Å². The van der Waals surface area contributed by atoms with Crippen molar-refractivity contribution in [2.45, 2.75) is 37.5 Å². The molecule has 0 heterocycles. The predicted molar refractivity (Wildman–Crippen MR) is 93.9 cm³/mol. The summed E-state index contributed by atoms with van der Waals surface area (Å²) in [5, 5.41) is 2.76. The van der Waals surface area contributed by atoms with Gasteiger partial charge < -0.3 is 0 Å². The van der Waals surface area contributed by atoms with E-state index < -0.39 is 8.32 Å². The summed E-state index contributed by atoms with van der Waals surface area (Å²) >= 11 is 2.14. The van der Waals surface area contributed by atoms with E-state index >= 15 is 0 Å². The summed E-state index contributed by atoms with van der Waals surface area (Å²) in [6, 6.07) is 21.5. The molecule has 0 radical (unpaired) electrons. The number of rotatable bonds is 4. The molecule has 21 heavy (non-hydrogen) atoms. The van der Waals surface area contributed by atoms with Crippen LogP contribution in [0.15, 0.2) is 60.7 Å². The molecule has 0 saturated heterocycles. The summed E-state index contributed by atoms with van der Waals surface area (Å²) in [6.07, 6.45) is 0. The van der Waals surface area contributed by atoms with Crippen molar-refractivity contribution >= 4 is 36.4 Å². The summed E-state index contributed by atoms with van der Waals surface area (Å²) in [6.45, 7) is 9.06. The average Bonchev–Trinajstić information content (AvgIpc) is 2.45. The van der Waals surface area contributed by atoms with E-state index in [0.717, 1.165) is 0 Å².